The molecule has 0 aromatic carbocycles. The maximum atomic E-state index is 13.0. The number of amides is 2. The van der Waals surface area contributed by atoms with Crippen molar-refractivity contribution in [2.24, 2.45) is 5.92 Å². The van der Waals surface area contributed by atoms with Crippen LogP contribution in [-0.2, 0) is 9.59 Å². The predicted molar refractivity (Wildman–Crippen MR) is 90.4 cm³/mol. The standard InChI is InChI=1S/C17H25N5O2/c1-20(2)16(24)14-7-4-11-22(14)15(23)13-6-3-10-21(12-13)17-18-8-5-9-19-17/h5,8-9,13-14H,3-4,6-7,10-12H2,1-2H3. The second kappa shape index (κ2) is 7.15. The molecule has 7 heteroatoms. The first kappa shape index (κ1) is 16.7. The van der Waals surface area contributed by atoms with E-state index in [1.54, 1.807) is 42.4 Å². The lowest BCUT2D eigenvalue weighted by atomic mass is 9.96. The van der Waals surface area contributed by atoms with Crippen molar-refractivity contribution in [3.63, 3.8) is 0 Å². The summed E-state index contributed by atoms with van der Waals surface area (Å²) < 4.78 is 0. The largest absolute Gasteiger partial charge is 0.347 e. The van der Waals surface area contributed by atoms with Gasteiger partial charge >= 0.3 is 0 Å². The van der Waals surface area contributed by atoms with Gasteiger partial charge in [-0.25, -0.2) is 9.97 Å². The van der Waals surface area contributed by atoms with Gasteiger partial charge in [-0.2, -0.15) is 0 Å². The van der Waals surface area contributed by atoms with Crippen LogP contribution in [0, 0.1) is 5.92 Å². The minimum absolute atomic E-state index is 0.0277. The average molecular weight is 331 g/mol. The normalized spacial score (nSPS) is 24.1. The van der Waals surface area contributed by atoms with Crippen LogP contribution in [0.25, 0.3) is 0 Å². The van der Waals surface area contributed by atoms with Gasteiger partial charge in [-0.15, -0.1) is 0 Å². The molecule has 0 saturated carbocycles. The van der Waals surface area contributed by atoms with Crippen LogP contribution in [0.4, 0.5) is 5.95 Å². The third kappa shape index (κ3) is 3.34. The molecule has 2 saturated heterocycles. The predicted octanol–water partition coefficient (Wildman–Crippen LogP) is 0.772. The lowest BCUT2D eigenvalue weighted by molar-refractivity contribution is -0.144. The molecule has 2 amide bonds. The van der Waals surface area contributed by atoms with Crippen molar-refractivity contribution in [2.45, 2.75) is 31.7 Å². The summed E-state index contributed by atoms with van der Waals surface area (Å²) in [5.74, 6) is 0.726. The zero-order valence-electron chi connectivity index (χ0n) is 14.4. The zero-order chi connectivity index (χ0) is 17.1. The van der Waals surface area contributed by atoms with Gasteiger partial charge in [0.05, 0.1) is 5.92 Å². The Balaban J connectivity index is 1.69. The van der Waals surface area contributed by atoms with Gasteiger partial charge in [0.25, 0.3) is 0 Å². The Kier molecular flexibility index (Phi) is 4.97. The molecular formula is C17H25N5O2. The van der Waals surface area contributed by atoms with Crippen LogP contribution in [0.1, 0.15) is 25.7 Å². The maximum absolute atomic E-state index is 13.0. The molecule has 0 N–H and O–H groups in total. The Morgan fingerprint density at radius 3 is 2.54 bits per heavy atom. The van der Waals surface area contributed by atoms with Crippen LogP contribution in [0.2, 0.25) is 0 Å². The molecule has 2 aliphatic rings. The van der Waals surface area contributed by atoms with Crippen molar-refractivity contribution >= 4 is 17.8 Å². The van der Waals surface area contributed by atoms with Gasteiger partial charge in [-0.1, -0.05) is 0 Å². The van der Waals surface area contributed by atoms with E-state index in [2.05, 4.69) is 14.9 Å². The fraction of sp³-hybridized carbons (Fsp3) is 0.647. The van der Waals surface area contributed by atoms with Crippen LogP contribution in [-0.4, -0.2) is 71.4 Å². The molecule has 0 aliphatic carbocycles. The van der Waals surface area contributed by atoms with Crippen molar-refractivity contribution in [3.05, 3.63) is 18.5 Å². The molecule has 1 aromatic heterocycles. The van der Waals surface area contributed by atoms with Crippen LogP contribution < -0.4 is 4.90 Å². The van der Waals surface area contributed by atoms with E-state index in [9.17, 15) is 9.59 Å². The zero-order valence-corrected chi connectivity index (χ0v) is 14.4. The van der Waals surface area contributed by atoms with Crippen LogP contribution in [0.15, 0.2) is 18.5 Å². The Hall–Kier alpha value is -2.18. The summed E-state index contributed by atoms with van der Waals surface area (Å²) in [5, 5.41) is 0. The first-order valence-corrected chi connectivity index (χ1v) is 8.61. The van der Waals surface area contributed by atoms with Crippen molar-refractivity contribution in [2.75, 3.05) is 38.6 Å². The fourth-order valence-corrected chi connectivity index (χ4v) is 3.63. The molecule has 0 bridgehead atoms. The van der Waals surface area contributed by atoms with Gasteiger partial charge in [0.2, 0.25) is 17.8 Å². The number of carbonyl (C=O) groups is 2. The van der Waals surface area contributed by atoms with Crippen molar-refractivity contribution in [1.82, 2.24) is 19.8 Å². The third-order valence-electron chi connectivity index (χ3n) is 4.87. The van der Waals surface area contributed by atoms with Crippen LogP contribution in [0.5, 0.6) is 0 Å². The molecule has 2 unspecified atom stereocenters. The molecule has 2 fully saturated rings. The summed E-state index contributed by atoms with van der Waals surface area (Å²) in [5.41, 5.74) is 0. The second-order valence-corrected chi connectivity index (χ2v) is 6.76. The number of hydrogen-bond donors (Lipinski definition) is 0. The van der Waals surface area contributed by atoms with E-state index in [-0.39, 0.29) is 23.8 Å². The molecule has 0 spiro atoms. The highest BCUT2D eigenvalue weighted by molar-refractivity contribution is 5.89. The number of anilines is 1. The quantitative estimate of drug-likeness (QED) is 0.818. The monoisotopic (exact) mass is 331 g/mol. The van der Waals surface area contributed by atoms with E-state index in [0.717, 1.165) is 32.2 Å². The first-order chi connectivity index (χ1) is 11.6. The lowest BCUT2D eigenvalue weighted by Crippen LogP contribution is -2.50. The minimum atomic E-state index is -0.296. The fourth-order valence-electron chi connectivity index (χ4n) is 3.63. The number of nitrogens with zero attached hydrogens (tertiary/aromatic N) is 5. The lowest BCUT2D eigenvalue weighted by Gasteiger charge is -2.35. The van der Waals surface area contributed by atoms with E-state index in [4.69, 9.17) is 0 Å². The number of likely N-dealkylation sites (tertiary alicyclic amines) is 1. The van der Waals surface area contributed by atoms with Gasteiger partial charge in [0, 0.05) is 46.1 Å². The third-order valence-corrected chi connectivity index (χ3v) is 4.87. The number of aromatic nitrogens is 2. The molecule has 1 aromatic rings. The van der Waals surface area contributed by atoms with E-state index >= 15 is 0 Å². The van der Waals surface area contributed by atoms with E-state index in [0.29, 0.717) is 19.0 Å². The molecule has 3 heterocycles. The Morgan fingerprint density at radius 1 is 1.12 bits per heavy atom. The summed E-state index contributed by atoms with van der Waals surface area (Å²) >= 11 is 0. The van der Waals surface area contributed by atoms with Crippen molar-refractivity contribution in [1.29, 1.82) is 0 Å². The molecule has 7 nitrogen and oxygen atoms in total. The van der Waals surface area contributed by atoms with Gasteiger partial charge < -0.3 is 14.7 Å². The summed E-state index contributed by atoms with van der Waals surface area (Å²) in [4.78, 5) is 39.4. The minimum Gasteiger partial charge on any atom is -0.347 e. The first-order valence-electron chi connectivity index (χ1n) is 8.61. The molecular weight excluding hydrogens is 306 g/mol. The number of rotatable bonds is 3. The van der Waals surface area contributed by atoms with Crippen LogP contribution in [0.3, 0.4) is 0 Å². The molecule has 2 atom stereocenters. The molecule has 0 radical (unpaired) electrons. The van der Waals surface area contributed by atoms with E-state index in [1.807, 2.05) is 0 Å². The Labute approximate surface area is 142 Å². The second-order valence-electron chi connectivity index (χ2n) is 6.76. The Bertz CT molecular complexity index is 592. The number of piperidine rings is 1. The van der Waals surface area contributed by atoms with Crippen molar-refractivity contribution in [3.8, 4) is 0 Å². The molecule has 130 valence electrons. The summed E-state index contributed by atoms with van der Waals surface area (Å²) in [6.07, 6.45) is 6.91. The summed E-state index contributed by atoms with van der Waals surface area (Å²) in [6.45, 7) is 2.18. The van der Waals surface area contributed by atoms with Crippen molar-refractivity contribution < 1.29 is 9.59 Å². The Morgan fingerprint density at radius 2 is 1.83 bits per heavy atom. The summed E-state index contributed by atoms with van der Waals surface area (Å²) in [6, 6.07) is 1.49. The topological polar surface area (TPSA) is 69.6 Å². The highest BCUT2D eigenvalue weighted by atomic mass is 16.2. The van der Waals surface area contributed by atoms with Crippen LogP contribution >= 0.6 is 0 Å². The highest BCUT2D eigenvalue weighted by Gasteiger charge is 2.39. The smallest absolute Gasteiger partial charge is 0.244 e. The van der Waals surface area contributed by atoms with Gasteiger partial charge in [0.1, 0.15) is 6.04 Å². The number of hydrogen-bond acceptors (Lipinski definition) is 5. The SMILES string of the molecule is CN(C)C(=O)C1CCCN1C(=O)C1CCCN(c2ncccn2)C1. The maximum Gasteiger partial charge on any atom is 0.244 e. The number of likely N-dealkylation sites (N-methyl/N-ethyl adjacent to an activating group) is 1. The average Bonchev–Trinajstić information content (AvgIpc) is 3.10. The molecule has 24 heavy (non-hydrogen) atoms. The van der Waals surface area contributed by atoms with E-state index < -0.39 is 0 Å². The molecule has 3 rings (SSSR count). The van der Waals surface area contributed by atoms with Gasteiger partial charge in [-0.05, 0) is 31.7 Å². The van der Waals surface area contributed by atoms with Gasteiger partial charge in [0.15, 0.2) is 0 Å². The molecule has 2 aliphatic heterocycles. The highest BCUT2D eigenvalue weighted by Crippen LogP contribution is 2.26. The van der Waals surface area contributed by atoms with Gasteiger partial charge in [-0.3, -0.25) is 9.59 Å². The summed E-state index contributed by atoms with van der Waals surface area (Å²) in [7, 11) is 3.50. The number of carbonyl (C=O) groups excluding carboxylic acids is 2. The van der Waals surface area contributed by atoms with E-state index in [1.165, 1.54) is 0 Å².